The van der Waals surface area contributed by atoms with E-state index in [1.165, 1.54) is 0 Å². The predicted molar refractivity (Wildman–Crippen MR) is 46.2 cm³/mol. The van der Waals surface area contributed by atoms with Gasteiger partial charge >= 0.3 is 0 Å². The molecule has 1 saturated heterocycles. The van der Waals surface area contributed by atoms with Crippen LogP contribution in [0.5, 0.6) is 0 Å². The monoisotopic (exact) mass is 167 g/mol. The lowest BCUT2D eigenvalue weighted by Crippen LogP contribution is -2.33. The highest BCUT2D eigenvalue weighted by molar-refractivity contribution is 4.85. The second-order valence-corrected chi connectivity index (χ2v) is 3.15. The van der Waals surface area contributed by atoms with Gasteiger partial charge in [0.15, 0.2) is 0 Å². The van der Waals surface area contributed by atoms with Gasteiger partial charge in [-0.1, -0.05) is 0 Å². The van der Waals surface area contributed by atoms with Crippen LogP contribution in [0.15, 0.2) is 17.1 Å². The van der Waals surface area contributed by atoms with Gasteiger partial charge in [0, 0.05) is 12.3 Å². The molecule has 12 heavy (non-hydrogen) atoms. The first-order valence-corrected chi connectivity index (χ1v) is 4.34. The molecule has 0 aliphatic carbocycles. The maximum Gasteiger partial charge on any atom is 0.266 e. The number of nitrogens with zero attached hydrogens (tertiary/aromatic N) is 1. The van der Waals surface area contributed by atoms with Gasteiger partial charge in [0.2, 0.25) is 0 Å². The topological polar surface area (TPSA) is 49.8 Å². The lowest BCUT2D eigenvalue weighted by molar-refractivity contribution is 0.336. The molecular formula is C8H13N3O. The van der Waals surface area contributed by atoms with Crippen molar-refractivity contribution in [3.63, 3.8) is 0 Å². The number of hydrogen-bond donors (Lipinski definition) is 2. The summed E-state index contributed by atoms with van der Waals surface area (Å²) in [5, 5.41) is 6.22. The first kappa shape index (κ1) is 7.61. The SMILES string of the molecule is O=c1cc[nH]n1C1CCNCC1. The van der Waals surface area contributed by atoms with E-state index in [9.17, 15) is 4.79 Å². The van der Waals surface area contributed by atoms with Crippen molar-refractivity contribution in [3.05, 3.63) is 22.6 Å². The molecule has 0 atom stereocenters. The highest BCUT2D eigenvalue weighted by Gasteiger charge is 2.15. The molecule has 2 N–H and O–H groups in total. The summed E-state index contributed by atoms with van der Waals surface area (Å²) in [6.45, 7) is 2.02. The Balaban J connectivity index is 2.18. The van der Waals surface area contributed by atoms with Crippen LogP contribution < -0.4 is 10.9 Å². The Morgan fingerprint density at radius 1 is 1.42 bits per heavy atom. The Kier molecular flexibility index (Phi) is 1.99. The average Bonchev–Trinajstić information content (AvgIpc) is 2.53. The van der Waals surface area contributed by atoms with Crippen LogP contribution in [-0.4, -0.2) is 22.9 Å². The Hall–Kier alpha value is -1.03. The minimum absolute atomic E-state index is 0.0851. The quantitative estimate of drug-likeness (QED) is 0.623. The molecular weight excluding hydrogens is 154 g/mol. The first-order valence-electron chi connectivity index (χ1n) is 4.34. The van der Waals surface area contributed by atoms with Crippen molar-refractivity contribution < 1.29 is 0 Å². The zero-order valence-corrected chi connectivity index (χ0v) is 6.92. The third-order valence-electron chi connectivity index (χ3n) is 2.35. The first-order chi connectivity index (χ1) is 5.88. The number of rotatable bonds is 1. The van der Waals surface area contributed by atoms with Crippen LogP contribution in [0.4, 0.5) is 0 Å². The van der Waals surface area contributed by atoms with E-state index in [1.54, 1.807) is 16.9 Å². The summed E-state index contributed by atoms with van der Waals surface area (Å²) in [6.07, 6.45) is 3.78. The molecule has 0 spiro atoms. The molecule has 66 valence electrons. The fourth-order valence-corrected chi connectivity index (χ4v) is 1.68. The summed E-state index contributed by atoms with van der Waals surface area (Å²) in [5.41, 5.74) is 0.0851. The zero-order chi connectivity index (χ0) is 8.39. The summed E-state index contributed by atoms with van der Waals surface area (Å²) in [5.74, 6) is 0. The number of H-pyrrole nitrogens is 1. The van der Waals surface area contributed by atoms with Crippen LogP contribution in [0.2, 0.25) is 0 Å². The highest BCUT2D eigenvalue weighted by atomic mass is 16.1. The Morgan fingerprint density at radius 2 is 2.17 bits per heavy atom. The summed E-state index contributed by atoms with van der Waals surface area (Å²) >= 11 is 0. The fourth-order valence-electron chi connectivity index (χ4n) is 1.68. The molecule has 0 amide bonds. The third kappa shape index (κ3) is 1.30. The van der Waals surface area contributed by atoms with Crippen molar-refractivity contribution in [3.8, 4) is 0 Å². The molecule has 1 aromatic rings. The van der Waals surface area contributed by atoms with Gasteiger partial charge in [-0.3, -0.25) is 9.48 Å². The molecule has 2 rings (SSSR count). The molecule has 4 heteroatoms. The van der Waals surface area contributed by atoms with Crippen LogP contribution >= 0.6 is 0 Å². The normalized spacial score (nSPS) is 19.7. The second kappa shape index (κ2) is 3.15. The zero-order valence-electron chi connectivity index (χ0n) is 6.92. The molecule has 1 aromatic heterocycles. The minimum Gasteiger partial charge on any atom is -0.317 e. The molecule has 1 fully saturated rings. The van der Waals surface area contributed by atoms with Crippen molar-refractivity contribution in [1.29, 1.82) is 0 Å². The van der Waals surface area contributed by atoms with Gasteiger partial charge in [0.05, 0.1) is 6.04 Å². The van der Waals surface area contributed by atoms with Crippen LogP contribution in [0.25, 0.3) is 0 Å². The van der Waals surface area contributed by atoms with Gasteiger partial charge in [0.1, 0.15) is 0 Å². The highest BCUT2D eigenvalue weighted by Crippen LogP contribution is 2.14. The smallest absolute Gasteiger partial charge is 0.266 e. The molecule has 4 nitrogen and oxygen atoms in total. The van der Waals surface area contributed by atoms with Gasteiger partial charge in [-0.05, 0) is 25.9 Å². The Morgan fingerprint density at radius 3 is 2.75 bits per heavy atom. The maximum absolute atomic E-state index is 11.2. The van der Waals surface area contributed by atoms with Gasteiger partial charge < -0.3 is 10.4 Å². The second-order valence-electron chi connectivity index (χ2n) is 3.15. The fraction of sp³-hybridized carbons (Fsp3) is 0.625. The van der Waals surface area contributed by atoms with Crippen LogP contribution in [0, 0.1) is 0 Å². The van der Waals surface area contributed by atoms with Crippen molar-refractivity contribution in [2.24, 2.45) is 0 Å². The maximum atomic E-state index is 11.2. The van der Waals surface area contributed by atoms with Crippen LogP contribution in [0.3, 0.4) is 0 Å². The van der Waals surface area contributed by atoms with Crippen LogP contribution in [0.1, 0.15) is 18.9 Å². The molecule has 0 bridgehead atoms. The third-order valence-corrected chi connectivity index (χ3v) is 2.35. The summed E-state index contributed by atoms with van der Waals surface area (Å²) in [6, 6.07) is 1.94. The average molecular weight is 167 g/mol. The standard InChI is InChI=1S/C8H13N3O/c12-8-3-6-10-11(8)7-1-4-9-5-2-7/h3,6-7,9-10H,1-2,4-5H2. The van der Waals surface area contributed by atoms with Gasteiger partial charge in [-0.2, -0.15) is 0 Å². The molecule has 1 aliphatic heterocycles. The molecule has 2 heterocycles. The largest absolute Gasteiger partial charge is 0.317 e. The van der Waals surface area contributed by atoms with E-state index in [1.807, 2.05) is 0 Å². The van der Waals surface area contributed by atoms with Gasteiger partial charge in [-0.25, -0.2) is 0 Å². The Labute approximate surface area is 70.6 Å². The van der Waals surface area contributed by atoms with E-state index in [-0.39, 0.29) is 5.56 Å². The van der Waals surface area contributed by atoms with E-state index in [0.29, 0.717) is 6.04 Å². The van der Waals surface area contributed by atoms with E-state index < -0.39 is 0 Å². The molecule has 0 aromatic carbocycles. The number of nitrogens with one attached hydrogen (secondary N) is 2. The minimum atomic E-state index is 0.0851. The lowest BCUT2D eigenvalue weighted by atomic mass is 10.1. The summed E-state index contributed by atoms with van der Waals surface area (Å²) in [7, 11) is 0. The van der Waals surface area contributed by atoms with Crippen molar-refractivity contribution in [1.82, 2.24) is 15.1 Å². The van der Waals surface area contributed by atoms with Crippen molar-refractivity contribution in [2.75, 3.05) is 13.1 Å². The number of aromatic amines is 1. The molecule has 0 unspecified atom stereocenters. The summed E-state index contributed by atoms with van der Waals surface area (Å²) in [4.78, 5) is 11.2. The number of aromatic nitrogens is 2. The molecule has 0 radical (unpaired) electrons. The van der Waals surface area contributed by atoms with Gasteiger partial charge in [0.25, 0.3) is 5.56 Å². The summed E-state index contributed by atoms with van der Waals surface area (Å²) < 4.78 is 1.72. The van der Waals surface area contributed by atoms with E-state index in [2.05, 4.69) is 10.4 Å². The predicted octanol–water partition coefficient (Wildman–Crippen LogP) is 0.101. The number of hydrogen-bond acceptors (Lipinski definition) is 2. The van der Waals surface area contributed by atoms with E-state index >= 15 is 0 Å². The van der Waals surface area contributed by atoms with Crippen molar-refractivity contribution in [2.45, 2.75) is 18.9 Å². The van der Waals surface area contributed by atoms with E-state index in [0.717, 1.165) is 25.9 Å². The molecule has 1 aliphatic rings. The van der Waals surface area contributed by atoms with Crippen molar-refractivity contribution >= 4 is 0 Å². The van der Waals surface area contributed by atoms with Gasteiger partial charge in [-0.15, -0.1) is 0 Å². The van der Waals surface area contributed by atoms with E-state index in [4.69, 9.17) is 0 Å². The lowest BCUT2D eigenvalue weighted by Gasteiger charge is -2.22. The van der Waals surface area contributed by atoms with Crippen LogP contribution in [-0.2, 0) is 0 Å². The molecule has 0 saturated carbocycles. The Bertz CT molecular complexity index is 295. The number of piperidine rings is 1.